The summed E-state index contributed by atoms with van der Waals surface area (Å²) in [5, 5.41) is 5.77. The van der Waals surface area contributed by atoms with Crippen molar-refractivity contribution in [3.8, 4) is 0 Å². The van der Waals surface area contributed by atoms with Crippen LogP contribution in [0.15, 0.2) is 91.0 Å². The van der Waals surface area contributed by atoms with Crippen LogP contribution in [0.25, 0.3) is 0 Å². The average molecular weight is 766 g/mol. The lowest BCUT2D eigenvalue weighted by Crippen LogP contribution is -2.72. The quantitative estimate of drug-likeness (QED) is 0.111. The summed E-state index contributed by atoms with van der Waals surface area (Å²) in [7, 11) is 0. The van der Waals surface area contributed by atoms with Gasteiger partial charge in [-0.25, -0.2) is 0 Å². The lowest BCUT2D eigenvalue weighted by atomic mass is 9.86. The van der Waals surface area contributed by atoms with Gasteiger partial charge < -0.3 is 36.6 Å². The van der Waals surface area contributed by atoms with E-state index in [1.807, 2.05) is 108 Å². The number of hydrogen-bond acceptors (Lipinski definition) is 9. The number of carbonyl (C=O) groups is 5. The zero-order valence-corrected chi connectivity index (χ0v) is 32.1. The van der Waals surface area contributed by atoms with Crippen LogP contribution in [0, 0.1) is 0 Å². The van der Waals surface area contributed by atoms with Crippen LogP contribution in [-0.2, 0) is 48.2 Å². The number of carbonyl (C=O) groups excluding carboxylic acids is 5. The van der Waals surface area contributed by atoms with Crippen LogP contribution in [0.5, 0.6) is 0 Å². The van der Waals surface area contributed by atoms with Gasteiger partial charge in [0.25, 0.3) is 0 Å². The summed E-state index contributed by atoms with van der Waals surface area (Å²) >= 11 is 0. The van der Waals surface area contributed by atoms with Crippen LogP contribution in [-0.4, -0.2) is 113 Å². The lowest BCUT2D eigenvalue weighted by molar-refractivity contribution is -0.165. The monoisotopic (exact) mass is 765 g/mol. The van der Waals surface area contributed by atoms with E-state index in [2.05, 4.69) is 10.6 Å². The fourth-order valence-electron chi connectivity index (χ4n) is 8.29. The Hall–Kier alpha value is -5.11. The predicted molar refractivity (Wildman–Crippen MR) is 211 cm³/mol. The zero-order valence-electron chi connectivity index (χ0n) is 32.1. The summed E-state index contributed by atoms with van der Waals surface area (Å²) in [6.07, 6.45) is 3.48. The van der Waals surface area contributed by atoms with Crippen molar-refractivity contribution in [2.45, 2.75) is 101 Å². The number of nitrogens with two attached hydrogens (primary N) is 2. The van der Waals surface area contributed by atoms with Gasteiger partial charge >= 0.3 is 5.97 Å². The zero-order chi connectivity index (χ0) is 39.6. The van der Waals surface area contributed by atoms with Crippen molar-refractivity contribution >= 4 is 29.6 Å². The molecule has 0 radical (unpaired) electrons. The van der Waals surface area contributed by atoms with E-state index in [4.69, 9.17) is 16.2 Å². The van der Waals surface area contributed by atoms with Gasteiger partial charge in [-0.1, -0.05) is 91.0 Å². The summed E-state index contributed by atoms with van der Waals surface area (Å²) < 4.78 is 5.50. The molecule has 3 aromatic carbocycles. The van der Waals surface area contributed by atoms with E-state index < -0.39 is 36.0 Å². The molecule has 4 fully saturated rings. The topological polar surface area (TPSA) is 180 Å². The second-order valence-electron chi connectivity index (χ2n) is 15.4. The first-order chi connectivity index (χ1) is 27.1. The molecule has 3 aromatic rings. The minimum atomic E-state index is -0.982. The number of benzene rings is 3. The molecular formula is C43H55N7O6. The number of hydrogen-bond donors (Lipinski definition) is 4. The molecule has 13 heteroatoms. The Labute approximate surface area is 329 Å². The number of piperidine rings is 1. The van der Waals surface area contributed by atoms with Crippen LogP contribution < -0.4 is 22.1 Å². The fraction of sp³-hybridized carbons (Fsp3) is 0.465. The van der Waals surface area contributed by atoms with Crippen LogP contribution in [0.2, 0.25) is 0 Å². The van der Waals surface area contributed by atoms with Gasteiger partial charge in [-0.15, -0.1) is 0 Å². The molecule has 7 unspecified atom stereocenters. The smallest absolute Gasteiger partial charge is 0.320 e. The number of rotatable bonds is 18. The number of unbranched alkanes of at least 4 members (excludes halogenated alkanes) is 1. The van der Waals surface area contributed by atoms with Crippen LogP contribution in [0.4, 0.5) is 0 Å². The van der Waals surface area contributed by atoms with Gasteiger partial charge in [0.2, 0.25) is 23.6 Å². The van der Waals surface area contributed by atoms with E-state index in [1.165, 1.54) is 0 Å². The number of ether oxygens (including phenoxy) is 1. The Morgan fingerprint density at radius 2 is 1.39 bits per heavy atom. The van der Waals surface area contributed by atoms with Crippen LogP contribution >= 0.6 is 0 Å². The highest BCUT2D eigenvalue weighted by atomic mass is 16.5. The molecule has 13 nitrogen and oxygen atoms in total. The first kappa shape index (κ1) is 40.6. The minimum Gasteiger partial charge on any atom is -0.460 e. The van der Waals surface area contributed by atoms with Crippen LogP contribution in [0.3, 0.4) is 0 Å². The van der Waals surface area contributed by atoms with Gasteiger partial charge in [-0.05, 0) is 68.7 Å². The summed E-state index contributed by atoms with van der Waals surface area (Å²) in [5.41, 5.74) is 14.8. The number of piperazine rings is 1. The molecule has 0 aromatic heterocycles. The first-order valence-corrected chi connectivity index (χ1v) is 19.8. The molecular weight excluding hydrogens is 711 g/mol. The van der Waals surface area contributed by atoms with Crippen molar-refractivity contribution in [3.05, 3.63) is 108 Å². The number of likely N-dealkylation sites (tertiary alicyclic amines) is 1. The van der Waals surface area contributed by atoms with Crippen molar-refractivity contribution in [3.63, 3.8) is 0 Å². The standard InChI is InChI=1S/C43H55N7O6/c1-29-21-37(47-41(53)36(23-31-15-7-3-8-16-31)46-40(52)35(45)22-30-13-5-2-6-14-30)42(54)49(29)38(19-11-12-20-44)43(55)50-33-24-34(50)26-48(25-33)27-39(51)56-28-32-17-9-4-10-18-32/h2-10,13-18,29,33-38H,11-12,19-28,44-45H2,1H3,(H,46,52)(H,47,53). The summed E-state index contributed by atoms with van der Waals surface area (Å²) in [6.45, 7) is 3.82. The van der Waals surface area contributed by atoms with E-state index in [9.17, 15) is 24.0 Å². The maximum absolute atomic E-state index is 14.4. The highest BCUT2D eigenvalue weighted by Crippen LogP contribution is 2.35. The average Bonchev–Trinajstić information content (AvgIpc) is 3.47. The third-order valence-corrected chi connectivity index (χ3v) is 11.1. The molecule has 4 saturated heterocycles. The Morgan fingerprint density at radius 1 is 0.804 bits per heavy atom. The highest BCUT2D eigenvalue weighted by molar-refractivity contribution is 5.96. The van der Waals surface area contributed by atoms with Gasteiger partial charge in [0, 0.05) is 37.6 Å². The highest BCUT2D eigenvalue weighted by Gasteiger charge is 2.52. The second kappa shape index (κ2) is 19.2. The van der Waals surface area contributed by atoms with E-state index in [1.54, 1.807) is 4.90 Å². The van der Waals surface area contributed by atoms with Gasteiger partial charge in [0.05, 0.1) is 12.6 Å². The number of nitrogens with one attached hydrogen (secondary N) is 2. The first-order valence-electron chi connectivity index (χ1n) is 19.8. The van der Waals surface area contributed by atoms with Gasteiger partial charge in [0.15, 0.2) is 0 Å². The maximum Gasteiger partial charge on any atom is 0.320 e. The molecule has 4 amide bonds. The lowest BCUT2D eigenvalue weighted by Gasteiger charge is -2.57. The van der Waals surface area contributed by atoms with Gasteiger partial charge in [-0.3, -0.25) is 28.9 Å². The molecule has 7 atom stereocenters. The van der Waals surface area contributed by atoms with Crippen molar-refractivity contribution in [2.24, 2.45) is 11.5 Å². The van der Waals surface area contributed by atoms with E-state index in [0.29, 0.717) is 51.7 Å². The number of fused-ring (bicyclic) bond motifs is 2. The third kappa shape index (κ3) is 10.2. The molecule has 0 spiro atoms. The van der Waals surface area contributed by atoms with Crippen molar-refractivity contribution < 1.29 is 28.7 Å². The molecule has 0 saturated carbocycles. The minimum absolute atomic E-state index is 0.0701. The van der Waals surface area contributed by atoms with Gasteiger partial charge in [-0.2, -0.15) is 0 Å². The predicted octanol–water partition coefficient (Wildman–Crippen LogP) is 1.92. The Kier molecular flexibility index (Phi) is 13.9. The molecule has 0 aliphatic carbocycles. The van der Waals surface area contributed by atoms with Crippen molar-refractivity contribution in [1.29, 1.82) is 0 Å². The van der Waals surface area contributed by atoms with Crippen molar-refractivity contribution in [1.82, 2.24) is 25.3 Å². The third-order valence-electron chi connectivity index (χ3n) is 11.1. The SMILES string of the molecule is CC1CC(NC(=O)C(Cc2ccccc2)NC(=O)C(N)Cc2ccccc2)C(=O)N1C(CCCCN)C(=O)N1C2CC1CN(CC(=O)OCc1ccccc1)C2. The number of nitrogens with zero attached hydrogens (tertiary/aromatic N) is 3. The molecule has 7 rings (SSSR count). The van der Waals surface area contributed by atoms with E-state index in [-0.39, 0.29) is 55.5 Å². The Bertz CT molecular complexity index is 1790. The summed E-state index contributed by atoms with van der Waals surface area (Å²) in [5.74, 6) is -1.70. The van der Waals surface area contributed by atoms with E-state index >= 15 is 0 Å². The fourth-order valence-corrected chi connectivity index (χ4v) is 8.29. The summed E-state index contributed by atoms with van der Waals surface area (Å²) in [4.78, 5) is 74.1. The molecule has 4 heterocycles. The van der Waals surface area contributed by atoms with E-state index in [0.717, 1.165) is 23.1 Å². The number of amides is 4. The molecule has 2 bridgehead atoms. The number of esters is 1. The molecule has 56 heavy (non-hydrogen) atoms. The maximum atomic E-state index is 14.4. The molecule has 4 aliphatic heterocycles. The largest absolute Gasteiger partial charge is 0.460 e. The second-order valence-corrected chi connectivity index (χ2v) is 15.4. The van der Waals surface area contributed by atoms with Crippen LogP contribution in [0.1, 0.15) is 55.7 Å². The molecule has 4 aliphatic rings. The van der Waals surface area contributed by atoms with Crippen molar-refractivity contribution in [2.75, 3.05) is 26.2 Å². The Morgan fingerprint density at radius 3 is 2.00 bits per heavy atom. The van der Waals surface area contributed by atoms with Gasteiger partial charge in [0.1, 0.15) is 24.7 Å². The summed E-state index contributed by atoms with van der Waals surface area (Å²) in [6, 6.07) is 24.4. The molecule has 6 N–H and O–H groups in total. The molecule has 298 valence electrons. The normalized spacial score (nSPS) is 22.1. The Balaban J connectivity index is 1.09.